The van der Waals surface area contributed by atoms with Crippen molar-refractivity contribution in [1.82, 2.24) is 0 Å². The van der Waals surface area contributed by atoms with E-state index in [2.05, 4.69) is 0 Å². The number of aryl methyl sites for hydroxylation is 1. The number of alkyl halides is 3. The van der Waals surface area contributed by atoms with Crippen LogP contribution in [0.3, 0.4) is 0 Å². The Bertz CT molecular complexity index is 547. The average Bonchev–Trinajstić information content (AvgIpc) is 2.28. The van der Waals surface area contributed by atoms with Gasteiger partial charge in [-0.2, -0.15) is 13.2 Å². The van der Waals surface area contributed by atoms with E-state index in [1.165, 1.54) is 12.1 Å². The first-order valence-electron chi connectivity index (χ1n) is 5.37. The van der Waals surface area contributed by atoms with Crippen LogP contribution in [0, 0.1) is 6.92 Å². The van der Waals surface area contributed by atoms with Crippen molar-refractivity contribution in [3.05, 3.63) is 59.7 Å². The lowest BCUT2D eigenvalue weighted by molar-refractivity contribution is -0.139. The minimum absolute atomic E-state index is 0.232. The molecule has 0 aliphatic carbocycles. The topological polar surface area (TPSA) is 0 Å². The summed E-state index contributed by atoms with van der Waals surface area (Å²) < 4.78 is 38.5. The Morgan fingerprint density at radius 1 is 0.944 bits per heavy atom. The van der Waals surface area contributed by atoms with Gasteiger partial charge in [0.05, 0.1) is 5.56 Å². The minimum atomic E-state index is -4.31. The molecule has 0 amide bonds. The largest absolute Gasteiger partial charge is 0.417 e. The van der Waals surface area contributed by atoms with Gasteiger partial charge in [0.2, 0.25) is 0 Å². The van der Waals surface area contributed by atoms with Crippen molar-refractivity contribution in [2.45, 2.75) is 22.9 Å². The molecule has 0 fully saturated rings. The summed E-state index contributed by atoms with van der Waals surface area (Å²) in [5.74, 6) is 0. The van der Waals surface area contributed by atoms with Gasteiger partial charge in [0.25, 0.3) is 0 Å². The Balaban J connectivity index is 2.35. The Morgan fingerprint density at radius 2 is 1.67 bits per heavy atom. The first-order chi connectivity index (χ1) is 8.47. The van der Waals surface area contributed by atoms with E-state index in [0.29, 0.717) is 0 Å². The molecule has 0 unspecified atom stereocenters. The summed E-state index contributed by atoms with van der Waals surface area (Å²) in [4.78, 5) is 1.04. The third-order valence-corrected chi connectivity index (χ3v) is 3.48. The van der Waals surface area contributed by atoms with Gasteiger partial charge in [-0.05, 0) is 31.2 Å². The average molecular weight is 268 g/mol. The number of halogens is 3. The molecule has 0 aromatic heterocycles. The zero-order valence-corrected chi connectivity index (χ0v) is 10.5. The van der Waals surface area contributed by atoms with Crippen molar-refractivity contribution in [3.8, 4) is 0 Å². The maximum absolute atomic E-state index is 12.8. The van der Waals surface area contributed by atoms with Gasteiger partial charge in [0, 0.05) is 9.79 Å². The van der Waals surface area contributed by atoms with Gasteiger partial charge >= 0.3 is 6.18 Å². The van der Waals surface area contributed by atoms with Crippen molar-refractivity contribution in [3.63, 3.8) is 0 Å². The zero-order chi connectivity index (χ0) is 13.2. The molecule has 94 valence electrons. The predicted molar refractivity (Wildman–Crippen MR) is 66.7 cm³/mol. The highest BCUT2D eigenvalue weighted by Gasteiger charge is 2.33. The van der Waals surface area contributed by atoms with Crippen LogP contribution in [0.2, 0.25) is 0 Å². The zero-order valence-electron chi connectivity index (χ0n) is 9.66. The lowest BCUT2D eigenvalue weighted by Gasteiger charge is -2.12. The molecule has 0 spiro atoms. The summed E-state index contributed by atoms with van der Waals surface area (Å²) >= 11 is 1.14. The lowest BCUT2D eigenvalue weighted by Crippen LogP contribution is -2.06. The van der Waals surface area contributed by atoms with Crippen molar-refractivity contribution in [1.29, 1.82) is 0 Å². The van der Waals surface area contributed by atoms with Gasteiger partial charge in [0.15, 0.2) is 0 Å². The number of rotatable bonds is 2. The summed E-state index contributed by atoms with van der Waals surface area (Å²) in [6.45, 7) is 1.92. The predicted octanol–water partition coefficient (Wildman–Crippen LogP) is 5.17. The number of benzene rings is 2. The van der Waals surface area contributed by atoms with Gasteiger partial charge in [0.1, 0.15) is 0 Å². The van der Waals surface area contributed by atoms with Crippen LogP contribution in [0.4, 0.5) is 13.2 Å². The van der Waals surface area contributed by atoms with E-state index in [0.717, 1.165) is 28.3 Å². The summed E-state index contributed by atoms with van der Waals surface area (Å²) in [5.41, 5.74) is 0.445. The summed E-state index contributed by atoms with van der Waals surface area (Å²) in [6, 6.07) is 13.1. The second-order valence-electron chi connectivity index (χ2n) is 3.91. The molecule has 4 heteroatoms. The van der Waals surface area contributed by atoms with Crippen molar-refractivity contribution >= 4 is 11.8 Å². The Morgan fingerprint density at radius 3 is 2.33 bits per heavy atom. The molecule has 2 aromatic rings. The molecule has 0 saturated heterocycles. The van der Waals surface area contributed by atoms with Crippen LogP contribution in [0.25, 0.3) is 0 Å². The highest BCUT2D eigenvalue weighted by Crippen LogP contribution is 2.39. The van der Waals surface area contributed by atoms with E-state index in [1.807, 2.05) is 31.2 Å². The Kier molecular flexibility index (Phi) is 3.66. The normalized spacial score (nSPS) is 11.6. The molecule has 2 aromatic carbocycles. The summed E-state index contributed by atoms with van der Waals surface area (Å²) in [7, 11) is 0. The van der Waals surface area contributed by atoms with E-state index < -0.39 is 11.7 Å². The van der Waals surface area contributed by atoms with Gasteiger partial charge in [-0.15, -0.1) is 0 Å². The fourth-order valence-electron chi connectivity index (χ4n) is 1.60. The van der Waals surface area contributed by atoms with E-state index in [9.17, 15) is 13.2 Å². The van der Waals surface area contributed by atoms with Crippen molar-refractivity contribution in [2.24, 2.45) is 0 Å². The van der Waals surface area contributed by atoms with Gasteiger partial charge in [-0.25, -0.2) is 0 Å². The first-order valence-corrected chi connectivity index (χ1v) is 6.19. The first kappa shape index (κ1) is 13.0. The van der Waals surface area contributed by atoms with E-state index in [4.69, 9.17) is 0 Å². The highest BCUT2D eigenvalue weighted by atomic mass is 32.2. The SMILES string of the molecule is Cc1cccc(Sc2ccccc2C(F)(F)F)c1. The van der Waals surface area contributed by atoms with Gasteiger partial charge in [-0.1, -0.05) is 41.6 Å². The second-order valence-corrected chi connectivity index (χ2v) is 5.03. The van der Waals surface area contributed by atoms with Crippen LogP contribution in [-0.4, -0.2) is 0 Å². The molecular formula is C14H11F3S. The molecule has 0 bridgehead atoms. The molecule has 0 heterocycles. The van der Waals surface area contributed by atoms with Crippen LogP contribution in [-0.2, 0) is 6.18 Å². The molecule has 0 aliphatic rings. The van der Waals surface area contributed by atoms with Gasteiger partial charge in [-0.3, -0.25) is 0 Å². The fraction of sp³-hybridized carbons (Fsp3) is 0.143. The van der Waals surface area contributed by atoms with Crippen molar-refractivity contribution in [2.75, 3.05) is 0 Å². The molecular weight excluding hydrogens is 257 g/mol. The van der Waals surface area contributed by atoms with E-state index in [-0.39, 0.29) is 4.90 Å². The standard InChI is InChI=1S/C14H11F3S/c1-10-5-4-6-11(9-10)18-13-8-3-2-7-12(13)14(15,16)17/h2-9H,1H3. The van der Waals surface area contributed by atoms with Crippen LogP contribution < -0.4 is 0 Å². The van der Waals surface area contributed by atoms with Gasteiger partial charge < -0.3 is 0 Å². The molecule has 0 radical (unpaired) electrons. The molecule has 0 nitrogen and oxygen atoms in total. The number of hydrogen-bond donors (Lipinski definition) is 0. The molecule has 2 rings (SSSR count). The molecule has 0 aliphatic heterocycles. The second kappa shape index (κ2) is 5.06. The van der Waals surface area contributed by atoms with E-state index in [1.54, 1.807) is 6.07 Å². The smallest absolute Gasteiger partial charge is 0.166 e. The highest BCUT2D eigenvalue weighted by molar-refractivity contribution is 7.99. The fourth-order valence-corrected chi connectivity index (χ4v) is 2.68. The maximum Gasteiger partial charge on any atom is 0.417 e. The monoisotopic (exact) mass is 268 g/mol. The lowest BCUT2D eigenvalue weighted by atomic mass is 10.2. The third kappa shape index (κ3) is 3.07. The van der Waals surface area contributed by atoms with Crippen LogP contribution in [0.1, 0.15) is 11.1 Å². The number of hydrogen-bond acceptors (Lipinski definition) is 1. The molecule has 0 N–H and O–H groups in total. The maximum atomic E-state index is 12.8. The minimum Gasteiger partial charge on any atom is -0.166 e. The van der Waals surface area contributed by atoms with Crippen LogP contribution in [0.5, 0.6) is 0 Å². The summed E-state index contributed by atoms with van der Waals surface area (Å²) in [6.07, 6.45) is -4.31. The summed E-state index contributed by atoms with van der Waals surface area (Å²) in [5, 5.41) is 0. The third-order valence-electron chi connectivity index (χ3n) is 2.41. The van der Waals surface area contributed by atoms with Crippen LogP contribution >= 0.6 is 11.8 Å². The van der Waals surface area contributed by atoms with E-state index >= 15 is 0 Å². The Hall–Kier alpha value is -1.42. The van der Waals surface area contributed by atoms with Crippen molar-refractivity contribution < 1.29 is 13.2 Å². The molecule has 18 heavy (non-hydrogen) atoms. The quantitative estimate of drug-likeness (QED) is 0.724. The Labute approximate surface area is 108 Å². The molecule has 0 saturated carbocycles. The van der Waals surface area contributed by atoms with Crippen LogP contribution in [0.15, 0.2) is 58.3 Å². The molecule has 0 atom stereocenters.